The van der Waals surface area contributed by atoms with Gasteiger partial charge in [0.15, 0.2) is 29.4 Å². The van der Waals surface area contributed by atoms with Gasteiger partial charge >= 0.3 is 11.9 Å². The summed E-state index contributed by atoms with van der Waals surface area (Å²) in [5.41, 5.74) is -7.51. The zero-order chi connectivity index (χ0) is 26.1. The molecule has 0 aromatic rings. The molecule has 8 nitrogen and oxygen atoms in total. The van der Waals surface area contributed by atoms with E-state index >= 15 is 4.39 Å². The Bertz CT molecular complexity index is 1100. The van der Waals surface area contributed by atoms with Crippen LogP contribution in [0.1, 0.15) is 47.0 Å². The normalized spacial score (nSPS) is 44.0. The van der Waals surface area contributed by atoms with Crippen LogP contribution in [0.25, 0.3) is 0 Å². The summed E-state index contributed by atoms with van der Waals surface area (Å²) in [7, 11) is 0. The first-order chi connectivity index (χ1) is 16.1. The summed E-state index contributed by atoms with van der Waals surface area (Å²) in [4.78, 5) is 62.1. The number of esters is 2. The van der Waals surface area contributed by atoms with E-state index in [9.17, 15) is 29.1 Å². The number of hydrogen-bond acceptors (Lipinski definition) is 8. The Hall–Kier alpha value is -2.39. The second-order valence-corrected chi connectivity index (χ2v) is 11.1. The van der Waals surface area contributed by atoms with Crippen LogP contribution in [0.4, 0.5) is 4.39 Å². The van der Waals surface area contributed by atoms with Crippen molar-refractivity contribution in [3.63, 3.8) is 0 Å². The van der Waals surface area contributed by atoms with E-state index in [0.717, 1.165) is 13.8 Å². The lowest BCUT2D eigenvalue weighted by molar-refractivity contribution is -0.196. The lowest BCUT2D eigenvalue weighted by atomic mass is 9.45. The molecule has 0 bridgehead atoms. The van der Waals surface area contributed by atoms with Crippen LogP contribution in [0.3, 0.4) is 0 Å². The third-order valence-electron chi connectivity index (χ3n) is 8.71. The Balaban J connectivity index is 1.85. The van der Waals surface area contributed by atoms with Gasteiger partial charge in [-0.05, 0) is 37.8 Å². The van der Waals surface area contributed by atoms with Crippen LogP contribution >= 0.6 is 11.6 Å². The number of allylic oxidation sites excluding steroid dienone is 4. The highest BCUT2D eigenvalue weighted by molar-refractivity contribution is 6.22. The molecule has 4 aliphatic carbocycles. The standard InChI is InChI=1S/C25H28ClFO8/c1-12(28)34-11-19(32)25(33)20(35-13(2)29)9-16-21-17(26)8-14-7-15(30)5-6-22(14,3)24(21,27)18(31)10-23(16,25)4/h5-7,16-17,20-21,33H,8-11H2,1-4H3/t16-,17+,20+,21+,22-,23-,24+,25+/m0/s1. The maximum absolute atomic E-state index is 17.2. The minimum atomic E-state index is -2.52. The topological polar surface area (TPSA) is 124 Å². The predicted octanol–water partition coefficient (Wildman–Crippen LogP) is 2.19. The van der Waals surface area contributed by atoms with E-state index < -0.39 is 81.9 Å². The highest BCUT2D eigenvalue weighted by atomic mass is 35.5. The fraction of sp³-hybridized carbons (Fsp3) is 0.640. The maximum Gasteiger partial charge on any atom is 0.303 e. The maximum atomic E-state index is 17.2. The van der Waals surface area contributed by atoms with Gasteiger partial charge in [0.25, 0.3) is 0 Å². The summed E-state index contributed by atoms with van der Waals surface area (Å²) < 4.78 is 27.4. The number of alkyl halides is 2. The number of hydrogen-bond donors (Lipinski definition) is 1. The third kappa shape index (κ3) is 3.30. The van der Waals surface area contributed by atoms with Crippen molar-refractivity contribution in [1.29, 1.82) is 0 Å². The lowest BCUT2D eigenvalue weighted by Gasteiger charge is -2.60. The molecule has 0 unspecified atom stereocenters. The van der Waals surface area contributed by atoms with Gasteiger partial charge in [0, 0.05) is 42.4 Å². The number of carbonyl (C=O) groups excluding carboxylic acids is 5. The Kier molecular flexibility index (Phi) is 5.92. The molecule has 0 aromatic heterocycles. The highest BCUT2D eigenvalue weighted by Gasteiger charge is 2.78. The fourth-order valence-corrected chi connectivity index (χ4v) is 7.50. The summed E-state index contributed by atoms with van der Waals surface area (Å²) in [6.45, 7) is 4.44. The molecule has 35 heavy (non-hydrogen) atoms. The predicted molar refractivity (Wildman–Crippen MR) is 120 cm³/mol. The Labute approximate surface area is 206 Å². The van der Waals surface area contributed by atoms with Crippen molar-refractivity contribution in [2.45, 2.75) is 69.7 Å². The first-order valence-corrected chi connectivity index (χ1v) is 11.9. The molecular formula is C25H28ClFO8. The zero-order valence-corrected chi connectivity index (χ0v) is 20.7. The molecule has 0 amide bonds. The Morgan fingerprint density at radius 2 is 1.86 bits per heavy atom. The van der Waals surface area contributed by atoms with Crippen molar-refractivity contribution in [3.8, 4) is 0 Å². The molecule has 0 aliphatic heterocycles. The quantitative estimate of drug-likeness (QED) is 0.451. The van der Waals surface area contributed by atoms with Crippen LogP contribution in [-0.2, 0) is 33.4 Å². The average Bonchev–Trinajstić information content (AvgIpc) is 2.96. The second kappa shape index (κ2) is 8.06. The van der Waals surface area contributed by atoms with Gasteiger partial charge < -0.3 is 14.6 Å². The molecule has 10 heteroatoms. The van der Waals surface area contributed by atoms with Crippen molar-refractivity contribution in [2.24, 2.45) is 22.7 Å². The van der Waals surface area contributed by atoms with Crippen LogP contribution in [0, 0.1) is 22.7 Å². The first-order valence-electron chi connectivity index (χ1n) is 11.5. The minimum absolute atomic E-state index is 0.122. The largest absolute Gasteiger partial charge is 0.459 e. The molecule has 1 N–H and O–H groups in total. The zero-order valence-electron chi connectivity index (χ0n) is 19.9. The lowest BCUT2D eigenvalue weighted by Crippen LogP contribution is -2.70. The van der Waals surface area contributed by atoms with Crippen molar-refractivity contribution in [1.82, 2.24) is 0 Å². The number of aliphatic hydroxyl groups is 1. The van der Waals surface area contributed by atoms with Crippen molar-refractivity contribution < 1.29 is 42.9 Å². The van der Waals surface area contributed by atoms with Gasteiger partial charge in [0.05, 0.1) is 0 Å². The first kappa shape index (κ1) is 25.7. The number of ketones is 3. The summed E-state index contributed by atoms with van der Waals surface area (Å²) in [6.07, 6.45) is 2.00. The molecule has 0 spiro atoms. The summed E-state index contributed by atoms with van der Waals surface area (Å²) >= 11 is 6.72. The molecule has 0 saturated heterocycles. The molecule has 8 atom stereocenters. The van der Waals surface area contributed by atoms with Crippen molar-refractivity contribution in [2.75, 3.05) is 6.61 Å². The van der Waals surface area contributed by atoms with Crippen LogP contribution in [0.5, 0.6) is 0 Å². The minimum Gasteiger partial charge on any atom is -0.459 e. The van der Waals surface area contributed by atoms with Gasteiger partial charge in [-0.25, -0.2) is 4.39 Å². The number of ether oxygens (including phenoxy) is 2. The van der Waals surface area contributed by atoms with Crippen molar-refractivity contribution >= 4 is 40.9 Å². The van der Waals surface area contributed by atoms with Gasteiger partial charge in [-0.1, -0.05) is 18.6 Å². The fourth-order valence-electron chi connectivity index (χ4n) is 6.98. The van der Waals surface area contributed by atoms with Crippen LogP contribution in [0.2, 0.25) is 0 Å². The second-order valence-electron chi connectivity index (χ2n) is 10.5. The van der Waals surface area contributed by atoms with E-state index in [4.69, 9.17) is 21.1 Å². The number of halogens is 2. The van der Waals surface area contributed by atoms with Gasteiger partial charge in [0.2, 0.25) is 5.78 Å². The monoisotopic (exact) mass is 510 g/mol. The number of carbonyl (C=O) groups is 5. The molecule has 4 aliphatic rings. The molecule has 3 fully saturated rings. The van der Waals surface area contributed by atoms with Gasteiger partial charge in [-0.2, -0.15) is 0 Å². The van der Waals surface area contributed by atoms with E-state index in [-0.39, 0.29) is 18.6 Å². The molecule has 3 saturated carbocycles. The molecular weight excluding hydrogens is 483 g/mol. The molecule has 0 heterocycles. The van der Waals surface area contributed by atoms with E-state index in [2.05, 4.69) is 0 Å². The smallest absolute Gasteiger partial charge is 0.303 e. The summed E-state index contributed by atoms with van der Waals surface area (Å²) in [6, 6.07) is 0. The Morgan fingerprint density at radius 3 is 2.46 bits per heavy atom. The van der Waals surface area contributed by atoms with Crippen LogP contribution in [-0.4, -0.2) is 63.8 Å². The van der Waals surface area contributed by atoms with Gasteiger partial charge in [0.1, 0.15) is 6.10 Å². The van der Waals surface area contributed by atoms with Crippen LogP contribution in [0.15, 0.2) is 23.8 Å². The number of rotatable bonds is 4. The number of Topliss-reactive ketones (excluding diaryl/α,β-unsaturated/α-hetero) is 2. The van der Waals surface area contributed by atoms with Crippen LogP contribution < -0.4 is 0 Å². The Morgan fingerprint density at radius 1 is 1.20 bits per heavy atom. The van der Waals surface area contributed by atoms with E-state index in [1.807, 2.05) is 0 Å². The molecule has 0 radical (unpaired) electrons. The van der Waals surface area contributed by atoms with E-state index in [0.29, 0.717) is 5.57 Å². The van der Waals surface area contributed by atoms with E-state index in [1.165, 1.54) is 25.2 Å². The number of fused-ring (bicyclic) bond motifs is 5. The van der Waals surface area contributed by atoms with E-state index in [1.54, 1.807) is 6.92 Å². The molecule has 0 aromatic carbocycles. The molecule has 4 rings (SSSR count). The van der Waals surface area contributed by atoms with Gasteiger partial charge in [-0.3, -0.25) is 24.0 Å². The summed E-state index contributed by atoms with van der Waals surface area (Å²) in [5.74, 6) is -5.64. The van der Waals surface area contributed by atoms with Gasteiger partial charge in [-0.15, -0.1) is 11.6 Å². The molecule has 190 valence electrons. The summed E-state index contributed by atoms with van der Waals surface area (Å²) in [5, 5.41) is 10.9. The highest BCUT2D eigenvalue weighted by Crippen LogP contribution is 2.69. The third-order valence-corrected chi connectivity index (χ3v) is 9.14. The average molecular weight is 511 g/mol. The van der Waals surface area contributed by atoms with Crippen molar-refractivity contribution in [3.05, 3.63) is 23.8 Å². The SMILES string of the molecule is CC(=O)OCC(=O)[C@@]1(O)[C@H](OC(C)=O)C[C@H]2[C@@H]3[C@H](Cl)CC4=CC(=O)C=C[C@]4(C)[C@@]3(F)C(=O)C[C@@]21C.